The van der Waals surface area contributed by atoms with Crippen LogP contribution in [0, 0.1) is 0 Å². The fourth-order valence-electron chi connectivity index (χ4n) is 2.50. The van der Waals surface area contributed by atoms with Crippen LogP contribution in [0.2, 0.25) is 0 Å². The SMILES string of the molecule is CC/C=C\C/C=C\C/C=C\C/C=C\C/C=C\CCCC(=O)NCCNC(=O)/C=C/C(=O)OC. The van der Waals surface area contributed by atoms with Gasteiger partial charge in [0.2, 0.25) is 11.8 Å². The molecule has 0 bridgehead atoms. The number of carbonyl (C=O) groups is 3. The minimum absolute atomic E-state index is 0.0401. The van der Waals surface area contributed by atoms with Crippen LogP contribution in [0.25, 0.3) is 0 Å². The molecule has 2 N–H and O–H groups in total. The largest absolute Gasteiger partial charge is 0.466 e. The first-order chi connectivity index (χ1) is 16.1. The van der Waals surface area contributed by atoms with Gasteiger partial charge in [0.25, 0.3) is 0 Å². The summed E-state index contributed by atoms with van der Waals surface area (Å²) >= 11 is 0. The number of ether oxygens (including phenoxy) is 1. The van der Waals surface area contributed by atoms with Crippen LogP contribution in [-0.2, 0) is 19.1 Å². The molecule has 0 heterocycles. The number of allylic oxidation sites excluding steroid dienone is 10. The third-order valence-electron chi connectivity index (χ3n) is 4.25. The average Bonchev–Trinajstić information content (AvgIpc) is 2.82. The molecule has 6 heteroatoms. The Balaban J connectivity index is 3.62. The van der Waals surface area contributed by atoms with Gasteiger partial charge in [-0.1, -0.05) is 67.7 Å². The van der Waals surface area contributed by atoms with Gasteiger partial charge in [0, 0.05) is 31.7 Å². The second-order valence-corrected chi connectivity index (χ2v) is 7.10. The van der Waals surface area contributed by atoms with Crippen molar-refractivity contribution >= 4 is 17.8 Å². The van der Waals surface area contributed by atoms with E-state index in [9.17, 15) is 14.4 Å². The molecule has 0 rings (SSSR count). The van der Waals surface area contributed by atoms with E-state index in [2.05, 4.69) is 83.1 Å². The highest BCUT2D eigenvalue weighted by Gasteiger charge is 2.01. The highest BCUT2D eigenvalue weighted by molar-refractivity contribution is 5.94. The summed E-state index contributed by atoms with van der Waals surface area (Å²) in [5.41, 5.74) is 0. The van der Waals surface area contributed by atoms with E-state index < -0.39 is 11.9 Å². The zero-order valence-corrected chi connectivity index (χ0v) is 20.1. The summed E-state index contributed by atoms with van der Waals surface area (Å²) in [5, 5.41) is 5.32. The summed E-state index contributed by atoms with van der Waals surface area (Å²) in [6.45, 7) is 2.78. The first-order valence-corrected chi connectivity index (χ1v) is 11.7. The predicted octanol–water partition coefficient (Wildman–Crippen LogP) is 4.87. The van der Waals surface area contributed by atoms with Crippen molar-refractivity contribution in [1.29, 1.82) is 0 Å². The van der Waals surface area contributed by atoms with Gasteiger partial charge in [0.1, 0.15) is 0 Å². The standard InChI is InChI=1S/C27H40N2O4/c1-3-4-5-6-7-8-9-10-11-12-13-14-15-16-17-18-19-20-25(30)28-23-24-29-26(31)21-22-27(32)33-2/h4-5,7-8,10-11,13-14,16-17,21-22H,3,6,9,12,15,18-20,23-24H2,1-2H3,(H,28,30)(H,29,31)/b5-4-,8-7-,11-10-,14-13-,17-16-,22-21+. The van der Waals surface area contributed by atoms with Crippen LogP contribution in [0.3, 0.4) is 0 Å². The Morgan fingerprint density at radius 1 is 0.697 bits per heavy atom. The lowest BCUT2D eigenvalue weighted by molar-refractivity contribution is -0.135. The van der Waals surface area contributed by atoms with Crippen molar-refractivity contribution in [3.05, 3.63) is 72.9 Å². The van der Waals surface area contributed by atoms with Crippen LogP contribution in [-0.4, -0.2) is 38.0 Å². The van der Waals surface area contributed by atoms with Crippen molar-refractivity contribution in [2.24, 2.45) is 0 Å². The van der Waals surface area contributed by atoms with Gasteiger partial charge in [-0.3, -0.25) is 9.59 Å². The Bertz CT molecular complexity index is 716. The topological polar surface area (TPSA) is 84.5 Å². The van der Waals surface area contributed by atoms with Crippen LogP contribution in [0.1, 0.15) is 58.3 Å². The molecule has 0 aliphatic heterocycles. The third kappa shape index (κ3) is 23.3. The summed E-state index contributed by atoms with van der Waals surface area (Å²) in [5.74, 6) is -1.04. The molecule has 6 nitrogen and oxygen atoms in total. The van der Waals surface area contributed by atoms with Crippen molar-refractivity contribution < 1.29 is 19.1 Å². The maximum atomic E-state index is 11.8. The molecule has 2 amide bonds. The fraction of sp³-hybridized carbons (Fsp3) is 0.444. The molecule has 0 aliphatic carbocycles. The molecule has 0 saturated heterocycles. The quantitative estimate of drug-likeness (QED) is 0.133. The molecular formula is C27H40N2O4. The van der Waals surface area contributed by atoms with Crippen LogP contribution in [0.5, 0.6) is 0 Å². The Morgan fingerprint density at radius 3 is 1.76 bits per heavy atom. The molecule has 0 radical (unpaired) electrons. The van der Waals surface area contributed by atoms with E-state index in [1.165, 1.54) is 7.11 Å². The molecular weight excluding hydrogens is 416 g/mol. The lowest BCUT2D eigenvalue weighted by Gasteiger charge is -2.05. The minimum Gasteiger partial charge on any atom is -0.466 e. The van der Waals surface area contributed by atoms with Crippen molar-refractivity contribution in [1.82, 2.24) is 10.6 Å². The van der Waals surface area contributed by atoms with E-state index >= 15 is 0 Å². The highest BCUT2D eigenvalue weighted by Crippen LogP contribution is 1.99. The van der Waals surface area contributed by atoms with Crippen LogP contribution in [0.4, 0.5) is 0 Å². The van der Waals surface area contributed by atoms with Gasteiger partial charge in [-0.2, -0.15) is 0 Å². The highest BCUT2D eigenvalue weighted by atomic mass is 16.5. The first-order valence-electron chi connectivity index (χ1n) is 11.7. The molecule has 182 valence electrons. The number of nitrogens with one attached hydrogen (secondary N) is 2. The number of rotatable bonds is 18. The molecule has 0 saturated carbocycles. The van der Waals surface area contributed by atoms with Crippen LogP contribution >= 0.6 is 0 Å². The normalized spacial score (nSPS) is 12.2. The van der Waals surface area contributed by atoms with Crippen molar-refractivity contribution in [3.8, 4) is 0 Å². The van der Waals surface area contributed by atoms with E-state index in [4.69, 9.17) is 0 Å². The molecule has 33 heavy (non-hydrogen) atoms. The van der Waals surface area contributed by atoms with E-state index in [0.717, 1.165) is 57.1 Å². The number of hydrogen-bond acceptors (Lipinski definition) is 4. The lowest BCUT2D eigenvalue weighted by atomic mass is 10.2. The summed E-state index contributed by atoms with van der Waals surface area (Å²) in [6.07, 6.45) is 30.8. The predicted molar refractivity (Wildman–Crippen MR) is 135 cm³/mol. The van der Waals surface area contributed by atoms with Crippen molar-refractivity contribution in [2.75, 3.05) is 20.2 Å². The van der Waals surface area contributed by atoms with Gasteiger partial charge in [-0.25, -0.2) is 4.79 Å². The Kier molecular flexibility index (Phi) is 21.3. The average molecular weight is 457 g/mol. The monoisotopic (exact) mass is 456 g/mol. The summed E-state index contributed by atoms with van der Waals surface area (Å²) in [4.78, 5) is 34.0. The molecule has 0 aromatic heterocycles. The number of unbranched alkanes of at least 4 members (excludes halogenated alkanes) is 1. The van der Waals surface area contributed by atoms with Crippen LogP contribution < -0.4 is 10.6 Å². The zero-order valence-electron chi connectivity index (χ0n) is 20.1. The number of carbonyl (C=O) groups excluding carboxylic acids is 3. The van der Waals surface area contributed by atoms with Crippen LogP contribution in [0.15, 0.2) is 72.9 Å². The Labute approximate surface area is 199 Å². The number of methoxy groups -OCH3 is 1. The lowest BCUT2D eigenvalue weighted by Crippen LogP contribution is -2.33. The minimum atomic E-state index is -0.592. The van der Waals surface area contributed by atoms with E-state index in [0.29, 0.717) is 19.5 Å². The van der Waals surface area contributed by atoms with E-state index in [1.807, 2.05) is 0 Å². The molecule has 0 aliphatic rings. The van der Waals surface area contributed by atoms with Gasteiger partial charge >= 0.3 is 5.97 Å². The second kappa shape index (κ2) is 23.5. The molecule has 0 fully saturated rings. The summed E-state index contributed by atoms with van der Waals surface area (Å²) < 4.78 is 4.39. The van der Waals surface area contributed by atoms with E-state index in [1.54, 1.807) is 0 Å². The number of amides is 2. The van der Waals surface area contributed by atoms with Gasteiger partial charge in [0.15, 0.2) is 0 Å². The number of esters is 1. The summed E-state index contributed by atoms with van der Waals surface area (Å²) in [7, 11) is 1.24. The maximum absolute atomic E-state index is 11.8. The second-order valence-electron chi connectivity index (χ2n) is 7.10. The van der Waals surface area contributed by atoms with Gasteiger partial charge in [-0.05, 0) is 44.9 Å². The molecule has 0 spiro atoms. The van der Waals surface area contributed by atoms with Crippen molar-refractivity contribution in [2.45, 2.75) is 58.3 Å². The third-order valence-corrected chi connectivity index (χ3v) is 4.25. The molecule has 0 aromatic carbocycles. The maximum Gasteiger partial charge on any atom is 0.330 e. The van der Waals surface area contributed by atoms with E-state index in [-0.39, 0.29) is 5.91 Å². The first kappa shape index (κ1) is 29.9. The molecule has 0 atom stereocenters. The molecule has 0 unspecified atom stereocenters. The Morgan fingerprint density at radius 2 is 1.21 bits per heavy atom. The Hall–Kier alpha value is -3.15. The van der Waals surface area contributed by atoms with Gasteiger partial charge in [0.05, 0.1) is 7.11 Å². The van der Waals surface area contributed by atoms with Gasteiger partial charge in [-0.15, -0.1) is 0 Å². The molecule has 0 aromatic rings. The smallest absolute Gasteiger partial charge is 0.330 e. The number of hydrogen-bond donors (Lipinski definition) is 2. The summed E-state index contributed by atoms with van der Waals surface area (Å²) in [6, 6.07) is 0. The fourth-order valence-corrected chi connectivity index (χ4v) is 2.50. The zero-order chi connectivity index (χ0) is 24.4. The van der Waals surface area contributed by atoms with Gasteiger partial charge < -0.3 is 15.4 Å². The van der Waals surface area contributed by atoms with Crippen molar-refractivity contribution in [3.63, 3.8) is 0 Å².